The molecule has 1 saturated heterocycles. The van der Waals surface area contributed by atoms with Crippen molar-refractivity contribution >= 4 is 11.6 Å². The third kappa shape index (κ3) is 3.10. The smallest absolute Gasteiger partial charge is 0.158 e. The van der Waals surface area contributed by atoms with E-state index >= 15 is 0 Å². The summed E-state index contributed by atoms with van der Waals surface area (Å²) in [7, 11) is 1.88. The summed E-state index contributed by atoms with van der Waals surface area (Å²) in [6, 6.07) is 2.01. The molecule has 0 bridgehead atoms. The molecule has 1 aromatic rings. The lowest BCUT2D eigenvalue weighted by Crippen LogP contribution is -2.21. The Kier molecular flexibility index (Phi) is 4.36. The number of nitrogens with zero attached hydrogens (tertiary/aromatic N) is 3. The van der Waals surface area contributed by atoms with Gasteiger partial charge in [-0.1, -0.05) is 6.92 Å². The average Bonchev–Trinajstić information content (AvgIpc) is 2.82. The Morgan fingerprint density at radius 2 is 2.33 bits per heavy atom. The first kappa shape index (κ1) is 13.1. The number of nitrogens with one attached hydrogen (secondary N) is 1. The van der Waals surface area contributed by atoms with Crippen molar-refractivity contribution in [3.05, 3.63) is 11.9 Å². The molecule has 2 heterocycles. The lowest BCUT2D eigenvalue weighted by atomic mass is 10.2. The molecule has 0 saturated carbocycles. The summed E-state index contributed by atoms with van der Waals surface area (Å²) in [4.78, 5) is 11.3. The van der Waals surface area contributed by atoms with E-state index in [0.717, 1.165) is 36.5 Å². The molecule has 100 valence electrons. The molecule has 0 aromatic carbocycles. The Hall–Kier alpha value is -1.36. The van der Waals surface area contributed by atoms with E-state index in [1.807, 2.05) is 20.0 Å². The number of aromatic nitrogens is 2. The van der Waals surface area contributed by atoms with Gasteiger partial charge in [0.25, 0.3) is 0 Å². The van der Waals surface area contributed by atoms with Gasteiger partial charge in [0.2, 0.25) is 0 Å². The van der Waals surface area contributed by atoms with Gasteiger partial charge in [-0.25, -0.2) is 9.97 Å². The molecule has 0 amide bonds. The molecule has 2 rings (SSSR count). The van der Waals surface area contributed by atoms with Crippen molar-refractivity contribution in [2.24, 2.45) is 5.92 Å². The van der Waals surface area contributed by atoms with E-state index in [-0.39, 0.29) is 0 Å². The lowest BCUT2D eigenvalue weighted by Gasteiger charge is -2.18. The van der Waals surface area contributed by atoms with Crippen LogP contribution >= 0.6 is 0 Å². The van der Waals surface area contributed by atoms with Gasteiger partial charge >= 0.3 is 0 Å². The fourth-order valence-electron chi connectivity index (χ4n) is 2.17. The second kappa shape index (κ2) is 6.00. The highest BCUT2D eigenvalue weighted by atomic mass is 16.5. The summed E-state index contributed by atoms with van der Waals surface area (Å²) >= 11 is 0. The van der Waals surface area contributed by atoms with Gasteiger partial charge in [0.1, 0.15) is 18.2 Å². The molecule has 1 N–H and O–H groups in total. The Morgan fingerprint density at radius 3 is 2.94 bits per heavy atom. The van der Waals surface area contributed by atoms with Gasteiger partial charge in [0, 0.05) is 32.8 Å². The van der Waals surface area contributed by atoms with Gasteiger partial charge in [-0.15, -0.1) is 0 Å². The molecule has 1 atom stereocenters. The lowest BCUT2D eigenvalue weighted by molar-refractivity contribution is 0.128. The summed E-state index contributed by atoms with van der Waals surface area (Å²) in [5, 5.41) is 3.09. The molecule has 1 aromatic heterocycles. The first-order valence-corrected chi connectivity index (χ1v) is 6.61. The van der Waals surface area contributed by atoms with Crippen molar-refractivity contribution in [3.63, 3.8) is 0 Å². The summed E-state index contributed by atoms with van der Waals surface area (Å²) < 4.78 is 5.39. The molecular weight excluding hydrogens is 228 g/mol. The maximum atomic E-state index is 5.39. The number of hydrogen-bond donors (Lipinski definition) is 1. The zero-order valence-corrected chi connectivity index (χ0v) is 11.4. The Balaban J connectivity index is 2.17. The van der Waals surface area contributed by atoms with Gasteiger partial charge in [0.05, 0.1) is 0 Å². The second-order valence-electron chi connectivity index (χ2n) is 4.75. The fourth-order valence-corrected chi connectivity index (χ4v) is 2.17. The van der Waals surface area contributed by atoms with E-state index in [9.17, 15) is 0 Å². The van der Waals surface area contributed by atoms with Crippen molar-refractivity contribution in [1.82, 2.24) is 9.97 Å². The molecule has 0 radical (unpaired) electrons. The topological polar surface area (TPSA) is 50.3 Å². The highest BCUT2D eigenvalue weighted by Gasteiger charge is 2.20. The van der Waals surface area contributed by atoms with Crippen molar-refractivity contribution in [1.29, 1.82) is 0 Å². The largest absolute Gasteiger partial charge is 0.374 e. The Labute approximate surface area is 109 Å². The van der Waals surface area contributed by atoms with Gasteiger partial charge in [-0.2, -0.15) is 0 Å². The SMILES string of the molecule is CCOCc1nc(NC)cc(N2CCC(C)C2)n1. The molecule has 5 nitrogen and oxygen atoms in total. The number of rotatable bonds is 5. The van der Waals surface area contributed by atoms with E-state index in [4.69, 9.17) is 4.74 Å². The van der Waals surface area contributed by atoms with Crippen molar-refractivity contribution < 1.29 is 4.74 Å². The molecular formula is C13H22N4O. The Morgan fingerprint density at radius 1 is 1.50 bits per heavy atom. The average molecular weight is 250 g/mol. The predicted octanol–water partition coefficient (Wildman–Crippen LogP) is 1.90. The van der Waals surface area contributed by atoms with Crippen LogP contribution in [0.1, 0.15) is 26.1 Å². The Bertz CT molecular complexity index is 397. The van der Waals surface area contributed by atoms with Gasteiger partial charge in [-0.3, -0.25) is 0 Å². The highest BCUT2D eigenvalue weighted by molar-refractivity contribution is 5.49. The molecule has 1 aliphatic rings. The second-order valence-corrected chi connectivity index (χ2v) is 4.75. The van der Waals surface area contributed by atoms with Crippen LogP contribution in [0, 0.1) is 5.92 Å². The number of hydrogen-bond acceptors (Lipinski definition) is 5. The maximum absolute atomic E-state index is 5.39. The van der Waals surface area contributed by atoms with Crippen LogP contribution in [0.5, 0.6) is 0 Å². The molecule has 1 fully saturated rings. The minimum atomic E-state index is 0.475. The molecule has 1 unspecified atom stereocenters. The molecule has 5 heteroatoms. The third-order valence-electron chi connectivity index (χ3n) is 3.20. The maximum Gasteiger partial charge on any atom is 0.158 e. The normalized spacial score (nSPS) is 19.3. The third-order valence-corrected chi connectivity index (χ3v) is 3.20. The number of anilines is 2. The number of ether oxygens (including phenoxy) is 1. The fraction of sp³-hybridized carbons (Fsp3) is 0.692. The molecule has 18 heavy (non-hydrogen) atoms. The van der Waals surface area contributed by atoms with Crippen LogP contribution in [0.4, 0.5) is 11.6 Å². The van der Waals surface area contributed by atoms with E-state index in [1.54, 1.807) is 0 Å². The molecule has 0 aliphatic carbocycles. The van der Waals surface area contributed by atoms with E-state index in [0.29, 0.717) is 13.2 Å². The van der Waals surface area contributed by atoms with Crippen molar-refractivity contribution in [3.8, 4) is 0 Å². The first-order valence-electron chi connectivity index (χ1n) is 6.61. The summed E-state index contributed by atoms with van der Waals surface area (Å²) in [6.07, 6.45) is 1.24. The summed E-state index contributed by atoms with van der Waals surface area (Å²) in [6.45, 7) is 7.57. The van der Waals surface area contributed by atoms with E-state index in [2.05, 4.69) is 27.1 Å². The van der Waals surface area contributed by atoms with Crippen LogP contribution in [0.15, 0.2) is 6.07 Å². The minimum Gasteiger partial charge on any atom is -0.374 e. The predicted molar refractivity (Wildman–Crippen MR) is 72.9 cm³/mol. The monoisotopic (exact) mass is 250 g/mol. The van der Waals surface area contributed by atoms with Crippen molar-refractivity contribution in [2.75, 3.05) is 37.0 Å². The van der Waals surface area contributed by atoms with E-state index in [1.165, 1.54) is 6.42 Å². The molecule has 0 spiro atoms. The van der Waals surface area contributed by atoms with Crippen LogP contribution in [0.25, 0.3) is 0 Å². The molecule has 1 aliphatic heterocycles. The van der Waals surface area contributed by atoms with Crippen LogP contribution in [0.2, 0.25) is 0 Å². The first-order chi connectivity index (χ1) is 8.72. The minimum absolute atomic E-state index is 0.475. The summed E-state index contributed by atoms with van der Waals surface area (Å²) in [5.41, 5.74) is 0. The standard InChI is InChI=1S/C13H22N4O/c1-4-18-9-12-15-11(14-3)7-13(16-12)17-6-5-10(2)8-17/h7,10H,4-6,8-9H2,1-3H3,(H,14,15,16). The van der Waals surface area contributed by atoms with Gasteiger partial charge < -0.3 is 15.0 Å². The van der Waals surface area contributed by atoms with Crippen LogP contribution in [-0.2, 0) is 11.3 Å². The quantitative estimate of drug-likeness (QED) is 0.865. The van der Waals surface area contributed by atoms with Crippen LogP contribution in [0.3, 0.4) is 0 Å². The zero-order chi connectivity index (χ0) is 13.0. The van der Waals surface area contributed by atoms with Gasteiger partial charge in [0.15, 0.2) is 5.82 Å². The van der Waals surface area contributed by atoms with Gasteiger partial charge in [-0.05, 0) is 19.3 Å². The van der Waals surface area contributed by atoms with E-state index < -0.39 is 0 Å². The van der Waals surface area contributed by atoms with Crippen LogP contribution in [-0.4, -0.2) is 36.7 Å². The zero-order valence-electron chi connectivity index (χ0n) is 11.4. The highest BCUT2D eigenvalue weighted by Crippen LogP contribution is 2.23. The van der Waals surface area contributed by atoms with Crippen LogP contribution < -0.4 is 10.2 Å². The van der Waals surface area contributed by atoms with Crippen molar-refractivity contribution in [2.45, 2.75) is 26.9 Å². The summed E-state index contributed by atoms with van der Waals surface area (Å²) in [5.74, 6) is 3.36.